The lowest BCUT2D eigenvalue weighted by Gasteiger charge is -2.35. The number of piperidine rings is 1. The summed E-state index contributed by atoms with van der Waals surface area (Å²) in [6.07, 6.45) is 6.07. The van der Waals surface area contributed by atoms with E-state index in [-0.39, 0.29) is 0 Å². The van der Waals surface area contributed by atoms with Gasteiger partial charge in [0, 0.05) is 26.1 Å². The molecule has 2 unspecified atom stereocenters. The maximum absolute atomic E-state index is 10.6. The fraction of sp³-hybridized carbons (Fsp3) is 0.929. The Kier molecular flexibility index (Phi) is 5.45. The van der Waals surface area contributed by atoms with Crippen LogP contribution in [-0.4, -0.2) is 48.8 Å². The van der Waals surface area contributed by atoms with E-state index in [1.807, 2.05) is 0 Å². The minimum atomic E-state index is -0.659. The third-order valence-electron chi connectivity index (χ3n) is 4.14. The largest absolute Gasteiger partial charge is 0.481 e. The molecule has 4 nitrogen and oxygen atoms in total. The van der Waals surface area contributed by atoms with Crippen LogP contribution in [0.4, 0.5) is 0 Å². The highest BCUT2D eigenvalue weighted by Crippen LogP contribution is 2.23. The molecule has 4 heteroatoms. The molecule has 0 amide bonds. The van der Waals surface area contributed by atoms with Gasteiger partial charge < -0.3 is 14.7 Å². The molecule has 0 bridgehead atoms. The summed E-state index contributed by atoms with van der Waals surface area (Å²) in [6, 6.07) is 0. The Morgan fingerprint density at radius 3 is 2.83 bits per heavy atom. The van der Waals surface area contributed by atoms with Gasteiger partial charge in [-0.25, -0.2) is 0 Å². The fourth-order valence-electron chi connectivity index (χ4n) is 3.20. The zero-order chi connectivity index (χ0) is 12.8. The lowest BCUT2D eigenvalue weighted by Crippen LogP contribution is -2.40. The first-order chi connectivity index (χ1) is 8.74. The van der Waals surface area contributed by atoms with E-state index in [2.05, 4.69) is 4.90 Å². The minimum absolute atomic E-state index is 0.324. The van der Waals surface area contributed by atoms with Gasteiger partial charge in [-0.2, -0.15) is 0 Å². The molecule has 0 saturated carbocycles. The van der Waals surface area contributed by atoms with E-state index in [1.54, 1.807) is 0 Å². The topological polar surface area (TPSA) is 49.8 Å². The SMILES string of the molecule is O=C(O)CCC1CCCN(CC2CCCOC2)C1. The number of hydrogen-bond donors (Lipinski definition) is 1. The van der Waals surface area contributed by atoms with Crippen LogP contribution in [0.5, 0.6) is 0 Å². The number of rotatable bonds is 5. The lowest BCUT2D eigenvalue weighted by atomic mass is 9.92. The molecule has 0 aliphatic carbocycles. The first kappa shape index (κ1) is 13.8. The Labute approximate surface area is 109 Å². The zero-order valence-electron chi connectivity index (χ0n) is 11.1. The van der Waals surface area contributed by atoms with E-state index >= 15 is 0 Å². The van der Waals surface area contributed by atoms with Gasteiger partial charge in [-0.1, -0.05) is 0 Å². The number of hydrogen-bond acceptors (Lipinski definition) is 3. The highest BCUT2D eigenvalue weighted by atomic mass is 16.5. The van der Waals surface area contributed by atoms with Gasteiger partial charge in [0.15, 0.2) is 0 Å². The van der Waals surface area contributed by atoms with Crippen LogP contribution >= 0.6 is 0 Å². The number of ether oxygens (including phenoxy) is 1. The second kappa shape index (κ2) is 7.10. The van der Waals surface area contributed by atoms with Crippen LogP contribution in [0.3, 0.4) is 0 Å². The van der Waals surface area contributed by atoms with Gasteiger partial charge in [-0.05, 0) is 50.5 Å². The highest BCUT2D eigenvalue weighted by molar-refractivity contribution is 5.66. The van der Waals surface area contributed by atoms with Crippen molar-refractivity contribution in [3.05, 3.63) is 0 Å². The van der Waals surface area contributed by atoms with E-state index in [9.17, 15) is 4.79 Å². The van der Waals surface area contributed by atoms with Gasteiger partial charge in [0.05, 0.1) is 6.61 Å². The molecule has 2 saturated heterocycles. The zero-order valence-corrected chi connectivity index (χ0v) is 11.1. The molecule has 0 spiro atoms. The average Bonchev–Trinajstić information content (AvgIpc) is 2.38. The van der Waals surface area contributed by atoms with Crippen molar-refractivity contribution in [3.8, 4) is 0 Å². The van der Waals surface area contributed by atoms with Gasteiger partial charge in [-0.15, -0.1) is 0 Å². The molecule has 2 fully saturated rings. The van der Waals surface area contributed by atoms with Crippen LogP contribution in [0.2, 0.25) is 0 Å². The number of carbonyl (C=O) groups is 1. The molecule has 2 aliphatic rings. The standard InChI is InChI=1S/C14H25NO3/c16-14(17)6-5-12-3-1-7-15(9-12)10-13-4-2-8-18-11-13/h12-13H,1-11H2,(H,16,17). The summed E-state index contributed by atoms with van der Waals surface area (Å²) in [6.45, 7) is 5.25. The van der Waals surface area contributed by atoms with Gasteiger partial charge in [0.1, 0.15) is 0 Å². The average molecular weight is 255 g/mol. The summed E-state index contributed by atoms with van der Waals surface area (Å²) in [5.74, 6) is 0.615. The first-order valence-electron chi connectivity index (χ1n) is 7.26. The quantitative estimate of drug-likeness (QED) is 0.816. The molecule has 0 radical (unpaired) electrons. The maximum Gasteiger partial charge on any atom is 0.303 e. The minimum Gasteiger partial charge on any atom is -0.481 e. The normalized spacial score (nSPS) is 30.2. The van der Waals surface area contributed by atoms with Gasteiger partial charge in [0.25, 0.3) is 0 Å². The molecule has 2 heterocycles. The van der Waals surface area contributed by atoms with Crippen LogP contribution < -0.4 is 0 Å². The fourth-order valence-corrected chi connectivity index (χ4v) is 3.20. The van der Waals surface area contributed by atoms with E-state index in [0.717, 1.165) is 32.7 Å². The second-order valence-corrected chi connectivity index (χ2v) is 5.78. The number of carboxylic acid groups (broad SMARTS) is 1. The van der Waals surface area contributed by atoms with Crippen molar-refractivity contribution in [1.82, 2.24) is 4.90 Å². The van der Waals surface area contributed by atoms with Crippen molar-refractivity contribution in [2.45, 2.75) is 38.5 Å². The van der Waals surface area contributed by atoms with Crippen LogP contribution in [-0.2, 0) is 9.53 Å². The van der Waals surface area contributed by atoms with Crippen molar-refractivity contribution in [2.75, 3.05) is 32.8 Å². The summed E-state index contributed by atoms with van der Waals surface area (Å²) < 4.78 is 5.53. The van der Waals surface area contributed by atoms with E-state index < -0.39 is 5.97 Å². The molecular formula is C14H25NO3. The number of nitrogens with zero attached hydrogens (tertiary/aromatic N) is 1. The molecule has 104 valence electrons. The number of likely N-dealkylation sites (tertiary alicyclic amines) is 1. The molecule has 18 heavy (non-hydrogen) atoms. The summed E-state index contributed by atoms with van der Waals surface area (Å²) in [7, 11) is 0. The molecule has 0 aromatic heterocycles. The molecule has 0 aromatic rings. The molecule has 0 aromatic carbocycles. The molecule has 1 N–H and O–H groups in total. The van der Waals surface area contributed by atoms with Gasteiger partial charge in [0.2, 0.25) is 0 Å². The Bertz CT molecular complexity index is 264. The smallest absolute Gasteiger partial charge is 0.303 e. The highest BCUT2D eigenvalue weighted by Gasteiger charge is 2.23. The first-order valence-corrected chi connectivity index (χ1v) is 7.26. The summed E-state index contributed by atoms with van der Waals surface area (Å²) in [5.41, 5.74) is 0. The lowest BCUT2D eigenvalue weighted by molar-refractivity contribution is -0.137. The Morgan fingerprint density at radius 1 is 1.28 bits per heavy atom. The Morgan fingerprint density at radius 2 is 2.11 bits per heavy atom. The Hall–Kier alpha value is -0.610. The van der Waals surface area contributed by atoms with Crippen molar-refractivity contribution in [3.63, 3.8) is 0 Å². The molecule has 2 atom stereocenters. The molecule has 2 aliphatic heterocycles. The van der Waals surface area contributed by atoms with E-state index in [0.29, 0.717) is 18.3 Å². The van der Waals surface area contributed by atoms with Crippen LogP contribution in [0.1, 0.15) is 38.5 Å². The second-order valence-electron chi connectivity index (χ2n) is 5.78. The number of aliphatic carboxylic acids is 1. The van der Waals surface area contributed by atoms with Gasteiger partial charge >= 0.3 is 5.97 Å². The molecular weight excluding hydrogens is 230 g/mol. The summed E-state index contributed by atoms with van der Waals surface area (Å²) in [4.78, 5) is 13.1. The summed E-state index contributed by atoms with van der Waals surface area (Å²) >= 11 is 0. The predicted molar refractivity (Wildman–Crippen MR) is 69.6 cm³/mol. The van der Waals surface area contributed by atoms with Crippen LogP contribution in [0, 0.1) is 11.8 Å². The Balaban J connectivity index is 1.70. The van der Waals surface area contributed by atoms with Crippen molar-refractivity contribution >= 4 is 5.97 Å². The third-order valence-corrected chi connectivity index (χ3v) is 4.14. The third kappa shape index (κ3) is 4.58. The van der Waals surface area contributed by atoms with E-state index in [1.165, 1.54) is 32.2 Å². The van der Waals surface area contributed by atoms with Crippen molar-refractivity contribution in [2.24, 2.45) is 11.8 Å². The monoisotopic (exact) mass is 255 g/mol. The summed E-state index contributed by atoms with van der Waals surface area (Å²) in [5, 5.41) is 8.74. The van der Waals surface area contributed by atoms with Gasteiger partial charge in [-0.3, -0.25) is 4.79 Å². The molecule has 2 rings (SSSR count). The number of carboxylic acids is 1. The maximum atomic E-state index is 10.6. The van der Waals surface area contributed by atoms with E-state index in [4.69, 9.17) is 9.84 Å². The van der Waals surface area contributed by atoms with Crippen molar-refractivity contribution < 1.29 is 14.6 Å². The van der Waals surface area contributed by atoms with Crippen molar-refractivity contribution in [1.29, 1.82) is 0 Å². The van der Waals surface area contributed by atoms with Crippen LogP contribution in [0.25, 0.3) is 0 Å². The van der Waals surface area contributed by atoms with Crippen LogP contribution in [0.15, 0.2) is 0 Å². The predicted octanol–water partition coefficient (Wildman–Crippen LogP) is 1.99.